The van der Waals surface area contributed by atoms with Gasteiger partial charge in [0.15, 0.2) is 0 Å². The first-order chi connectivity index (χ1) is 17.1. The van der Waals surface area contributed by atoms with E-state index in [1.54, 1.807) is 0 Å². The Labute approximate surface area is 207 Å². The average molecular weight is 510 g/mol. The predicted octanol–water partition coefficient (Wildman–Crippen LogP) is 0.800. The largest absolute Gasteiger partial charge is 0.480 e. The van der Waals surface area contributed by atoms with E-state index in [0.717, 1.165) is 25.7 Å². The maximum absolute atomic E-state index is 11.5. The number of aliphatic carboxylic acids is 1. The van der Waals surface area contributed by atoms with Gasteiger partial charge < -0.3 is 43.6 Å². The highest BCUT2D eigenvalue weighted by Crippen LogP contribution is 2.03. The molecule has 0 aromatic rings. The van der Waals surface area contributed by atoms with Crippen LogP contribution in [0.1, 0.15) is 39.0 Å². The highest BCUT2D eigenvalue weighted by molar-refractivity contribution is 5.77. The van der Waals surface area contributed by atoms with E-state index in [4.69, 9.17) is 33.5 Å². The van der Waals surface area contributed by atoms with Gasteiger partial charge in [-0.05, 0) is 6.42 Å². The summed E-state index contributed by atoms with van der Waals surface area (Å²) in [6.07, 6.45) is 4.71. The van der Waals surface area contributed by atoms with Gasteiger partial charge in [-0.1, -0.05) is 26.2 Å². The molecule has 0 saturated carbocycles. The molecule has 0 bridgehead atoms. The molecule has 206 valence electrons. The molecule has 0 unspecified atom stereocenters. The number of carbonyl (C=O) groups excluding carboxylic acids is 2. The maximum Gasteiger partial charge on any atom is 0.329 e. The van der Waals surface area contributed by atoms with Gasteiger partial charge >= 0.3 is 11.9 Å². The number of amides is 1. The fourth-order valence-corrected chi connectivity index (χ4v) is 2.51. The zero-order valence-corrected chi connectivity index (χ0v) is 21.0. The summed E-state index contributed by atoms with van der Waals surface area (Å²) < 4.78 is 36.5. The highest BCUT2D eigenvalue weighted by atomic mass is 16.6. The van der Waals surface area contributed by atoms with Crippen molar-refractivity contribution in [3.05, 3.63) is 0 Å². The average Bonchev–Trinajstić information content (AvgIpc) is 2.83. The van der Waals surface area contributed by atoms with Gasteiger partial charge in [-0.3, -0.25) is 9.59 Å². The third kappa shape index (κ3) is 28.3. The quantitative estimate of drug-likeness (QED) is 0.120. The number of hydrogen-bond acceptors (Lipinski definition) is 10. The predicted molar refractivity (Wildman–Crippen MR) is 125 cm³/mol. The Morgan fingerprint density at radius 1 is 0.629 bits per heavy atom. The summed E-state index contributed by atoms with van der Waals surface area (Å²) in [7, 11) is 0. The molecule has 0 radical (unpaired) electrons. The lowest BCUT2D eigenvalue weighted by molar-refractivity contribution is -0.146. The van der Waals surface area contributed by atoms with Crippen LogP contribution in [-0.2, 0) is 47.5 Å². The van der Waals surface area contributed by atoms with Gasteiger partial charge in [-0.25, -0.2) is 4.79 Å². The molecule has 0 aliphatic heterocycles. The summed E-state index contributed by atoms with van der Waals surface area (Å²) in [6, 6.07) is 0. The number of nitrogens with one attached hydrogen (secondary N) is 1. The second-order valence-corrected chi connectivity index (χ2v) is 7.33. The van der Waals surface area contributed by atoms with E-state index in [0.29, 0.717) is 79.0 Å². The van der Waals surface area contributed by atoms with Crippen molar-refractivity contribution in [2.24, 2.45) is 0 Å². The standard InChI is InChI=1S/C23H43NO11/c1-2-3-4-5-6-23(28)35-18-17-33-16-15-32-14-13-31-12-11-30-10-9-29-8-7-24-21(25)19-34-20-22(26)27/h2-20H2,1H3,(H,24,25)(H,26,27). The first-order valence-corrected chi connectivity index (χ1v) is 12.2. The lowest BCUT2D eigenvalue weighted by Gasteiger charge is -2.09. The Hall–Kier alpha value is -1.83. The van der Waals surface area contributed by atoms with Crippen molar-refractivity contribution >= 4 is 17.8 Å². The number of hydrogen-bond donors (Lipinski definition) is 2. The number of carbonyl (C=O) groups is 3. The van der Waals surface area contributed by atoms with Crippen LogP contribution in [0.4, 0.5) is 0 Å². The van der Waals surface area contributed by atoms with Crippen molar-refractivity contribution in [3.63, 3.8) is 0 Å². The minimum absolute atomic E-state index is 0.168. The number of carboxylic acid groups (broad SMARTS) is 1. The van der Waals surface area contributed by atoms with Gasteiger partial charge in [-0.15, -0.1) is 0 Å². The maximum atomic E-state index is 11.5. The van der Waals surface area contributed by atoms with Crippen molar-refractivity contribution in [2.45, 2.75) is 39.0 Å². The van der Waals surface area contributed by atoms with Gasteiger partial charge in [0.1, 0.15) is 19.8 Å². The van der Waals surface area contributed by atoms with Crippen LogP contribution < -0.4 is 5.32 Å². The molecule has 0 aromatic heterocycles. The molecule has 1 amide bonds. The summed E-state index contributed by atoms with van der Waals surface area (Å²) in [5, 5.41) is 10.9. The molecule has 0 aliphatic carbocycles. The number of carboxylic acids is 1. The van der Waals surface area contributed by atoms with Crippen LogP contribution in [0.15, 0.2) is 0 Å². The van der Waals surface area contributed by atoms with Crippen LogP contribution in [0, 0.1) is 0 Å². The Morgan fingerprint density at radius 3 is 1.66 bits per heavy atom. The second kappa shape index (κ2) is 26.8. The fourth-order valence-electron chi connectivity index (χ4n) is 2.51. The third-order valence-electron chi connectivity index (χ3n) is 4.24. The Morgan fingerprint density at radius 2 is 1.14 bits per heavy atom. The molecule has 2 N–H and O–H groups in total. The van der Waals surface area contributed by atoms with E-state index in [1.807, 2.05) is 0 Å². The van der Waals surface area contributed by atoms with Crippen molar-refractivity contribution in [3.8, 4) is 0 Å². The molecule has 0 heterocycles. The van der Waals surface area contributed by atoms with E-state index in [2.05, 4.69) is 17.0 Å². The topological polar surface area (TPSA) is 148 Å². The fraction of sp³-hybridized carbons (Fsp3) is 0.870. The normalized spacial score (nSPS) is 10.9. The van der Waals surface area contributed by atoms with E-state index < -0.39 is 18.5 Å². The third-order valence-corrected chi connectivity index (χ3v) is 4.24. The van der Waals surface area contributed by atoms with E-state index >= 15 is 0 Å². The Balaban J connectivity index is 3.16. The monoisotopic (exact) mass is 509 g/mol. The van der Waals surface area contributed by atoms with Gasteiger partial charge in [0.2, 0.25) is 5.91 Å². The number of esters is 1. The molecule has 0 rings (SSSR count). The van der Waals surface area contributed by atoms with E-state index in [-0.39, 0.29) is 19.2 Å². The molecule has 12 nitrogen and oxygen atoms in total. The molecule has 0 spiro atoms. The number of unbranched alkanes of at least 4 members (excludes halogenated alkanes) is 3. The molecular weight excluding hydrogens is 466 g/mol. The summed E-state index contributed by atoms with van der Waals surface area (Å²) in [6.45, 7) is 6.00. The summed E-state index contributed by atoms with van der Waals surface area (Å²) >= 11 is 0. The summed E-state index contributed by atoms with van der Waals surface area (Å²) in [4.78, 5) is 33.0. The van der Waals surface area contributed by atoms with Crippen LogP contribution in [0.5, 0.6) is 0 Å². The van der Waals surface area contributed by atoms with Gasteiger partial charge in [0.25, 0.3) is 0 Å². The van der Waals surface area contributed by atoms with Gasteiger partial charge in [0, 0.05) is 13.0 Å². The number of ether oxygens (including phenoxy) is 7. The minimum Gasteiger partial charge on any atom is -0.480 e. The molecule has 0 aliphatic rings. The van der Waals surface area contributed by atoms with Crippen molar-refractivity contribution in [1.82, 2.24) is 5.32 Å². The molecule has 35 heavy (non-hydrogen) atoms. The second-order valence-electron chi connectivity index (χ2n) is 7.33. The molecule has 0 aromatic carbocycles. The van der Waals surface area contributed by atoms with Crippen LogP contribution in [0.2, 0.25) is 0 Å². The van der Waals surface area contributed by atoms with Crippen molar-refractivity contribution in [1.29, 1.82) is 0 Å². The van der Waals surface area contributed by atoms with Crippen LogP contribution in [0.25, 0.3) is 0 Å². The van der Waals surface area contributed by atoms with E-state index in [9.17, 15) is 14.4 Å². The van der Waals surface area contributed by atoms with Crippen LogP contribution in [0.3, 0.4) is 0 Å². The lowest BCUT2D eigenvalue weighted by Crippen LogP contribution is -2.31. The molecular formula is C23H43NO11. The first kappa shape index (κ1) is 33.2. The summed E-state index contributed by atoms with van der Waals surface area (Å²) in [5.74, 6) is -1.69. The van der Waals surface area contributed by atoms with Gasteiger partial charge in [0.05, 0.1) is 66.1 Å². The molecule has 0 fully saturated rings. The van der Waals surface area contributed by atoms with Crippen molar-refractivity contribution in [2.75, 3.05) is 92.4 Å². The zero-order valence-electron chi connectivity index (χ0n) is 21.0. The van der Waals surface area contributed by atoms with Crippen molar-refractivity contribution < 1.29 is 52.6 Å². The first-order valence-electron chi connectivity index (χ1n) is 12.2. The lowest BCUT2D eigenvalue weighted by atomic mass is 10.2. The highest BCUT2D eigenvalue weighted by Gasteiger charge is 2.03. The SMILES string of the molecule is CCCCCCC(=O)OCCOCCOCCOCCOCCOCCNC(=O)COCC(=O)O. The molecule has 0 saturated heterocycles. The molecule has 0 atom stereocenters. The van der Waals surface area contributed by atoms with E-state index in [1.165, 1.54) is 0 Å². The minimum atomic E-state index is -1.12. The zero-order chi connectivity index (χ0) is 25.8. The van der Waals surface area contributed by atoms with Gasteiger partial charge in [-0.2, -0.15) is 0 Å². The smallest absolute Gasteiger partial charge is 0.329 e. The summed E-state index contributed by atoms with van der Waals surface area (Å²) in [5.41, 5.74) is 0. The molecule has 12 heteroatoms. The van der Waals surface area contributed by atoms with Crippen LogP contribution >= 0.6 is 0 Å². The number of rotatable bonds is 27. The van der Waals surface area contributed by atoms with Crippen LogP contribution in [-0.4, -0.2) is 115 Å². The Bertz CT molecular complexity index is 520. The Kier molecular flexibility index (Phi) is 25.4.